The largest absolute Gasteiger partial charge is 0.497 e. The first-order valence-electron chi connectivity index (χ1n) is 8.81. The molecule has 2 aromatic heterocycles. The number of halogens is 1. The van der Waals surface area contributed by atoms with Gasteiger partial charge in [0.25, 0.3) is 5.89 Å². The predicted octanol–water partition coefficient (Wildman–Crippen LogP) is 3.99. The van der Waals surface area contributed by atoms with Crippen molar-refractivity contribution < 1.29 is 18.4 Å². The summed E-state index contributed by atoms with van der Waals surface area (Å²) in [5.41, 5.74) is 1.88. The Hall–Kier alpha value is -3.94. The van der Waals surface area contributed by atoms with E-state index >= 15 is 0 Å². The smallest absolute Gasteiger partial charge is 0.274 e. The summed E-state index contributed by atoms with van der Waals surface area (Å²) >= 11 is 0. The van der Waals surface area contributed by atoms with Crippen molar-refractivity contribution in [3.8, 4) is 28.7 Å². The molecule has 0 atom stereocenters. The number of benzene rings is 2. The number of nitrogens with zero attached hydrogens (tertiary/aromatic N) is 3. The lowest BCUT2D eigenvalue weighted by molar-refractivity contribution is -0.116. The van der Waals surface area contributed by atoms with Crippen molar-refractivity contribution in [1.29, 1.82) is 0 Å². The molecule has 0 radical (unpaired) electrons. The van der Waals surface area contributed by atoms with Gasteiger partial charge < -0.3 is 19.1 Å². The maximum absolute atomic E-state index is 13.1. The number of hydrogen-bond donors (Lipinski definition) is 1. The van der Waals surface area contributed by atoms with Crippen LogP contribution in [-0.2, 0) is 11.3 Å². The van der Waals surface area contributed by atoms with E-state index in [0.717, 1.165) is 0 Å². The van der Waals surface area contributed by atoms with E-state index in [9.17, 15) is 9.18 Å². The van der Waals surface area contributed by atoms with Crippen molar-refractivity contribution in [3.05, 3.63) is 72.7 Å². The van der Waals surface area contributed by atoms with E-state index in [1.54, 1.807) is 66.4 Å². The third-order valence-corrected chi connectivity index (χ3v) is 4.24. The highest BCUT2D eigenvalue weighted by Gasteiger charge is 2.15. The first kappa shape index (κ1) is 18.4. The number of ether oxygens (including phenoxy) is 1. The highest BCUT2D eigenvalue weighted by molar-refractivity contribution is 5.91. The zero-order chi connectivity index (χ0) is 20.2. The third-order valence-electron chi connectivity index (χ3n) is 4.24. The minimum atomic E-state index is -0.339. The lowest BCUT2D eigenvalue weighted by Gasteiger charge is -2.09. The van der Waals surface area contributed by atoms with Gasteiger partial charge in [0.05, 0.1) is 7.11 Å². The molecule has 4 rings (SSSR count). The van der Waals surface area contributed by atoms with E-state index in [0.29, 0.717) is 28.5 Å². The Morgan fingerprint density at radius 2 is 2.00 bits per heavy atom. The summed E-state index contributed by atoms with van der Waals surface area (Å²) in [6.07, 6.45) is 1.75. The molecule has 7 nitrogen and oxygen atoms in total. The van der Waals surface area contributed by atoms with Crippen LogP contribution in [0.3, 0.4) is 0 Å². The van der Waals surface area contributed by atoms with Gasteiger partial charge in [-0.15, -0.1) is 0 Å². The van der Waals surface area contributed by atoms with Crippen LogP contribution in [0.2, 0.25) is 0 Å². The Kier molecular flexibility index (Phi) is 5.07. The second-order valence-electron chi connectivity index (χ2n) is 6.23. The molecule has 0 bridgehead atoms. The van der Waals surface area contributed by atoms with E-state index in [1.807, 2.05) is 0 Å². The number of methoxy groups -OCH3 is 1. The van der Waals surface area contributed by atoms with Crippen LogP contribution in [0.15, 0.2) is 71.4 Å². The molecule has 4 aromatic rings. The summed E-state index contributed by atoms with van der Waals surface area (Å²) in [6.45, 7) is 0.0633. The normalized spacial score (nSPS) is 10.7. The number of hydrogen-bond acceptors (Lipinski definition) is 5. The molecule has 0 spiro atoms. The van der Waals surface area contributed by atoms with Crippen LogP contribution in [0.5, 0.6) is 5.75 Å². The number of carbonyl (C=O) groups is 1. The second-order valence-corrected chi connectivity index (χ2v) is 6.23. The molecular formula is C21H17FN4O3. The van der Waals surface area contributed by atoms with Crippen LogP contribution in [0.4, 0.5) is 10.1 Å². The zero-order valence-corrected chi connectivity index (χ0v) is 15.5. The molecule has 2 aromatic carbocycles. The van der Waals surface area contributed by atoms with Crippen molar-refractivity contribution in [2.75, 3.05) is 12.4 Å². The average Bonchev–Trinajstić information content (AvgIpc) is 3.38. The minimum absolute atomic E-state index is 0.0633. The lowest BCUT2D eigenvalue weighted by atomic mass is 10.2. The number of carbonyl (C=O) groups excluding carboxylic acids is 1. The van der Waals surface area contributed by atoms with Crippen LogP contribution in [-0.4, -0.2) is 27.7 Å². The Bertz CT molecular complexity index is 1130. The van der Waals surface area contributed by atoms with Gasteiger partial charge in [0, 0.05) is 23.5 Å². The molecular weight excluding hydrogens is 375 g/mol. The van der Waals surface area contributed by atoms with Gasteiger partial charge in [0.1, 0.15) is 23.8 Å². The molecule has 0 fully saturated rings. The second kappa shape index (κ2) is 7.97. The van der Waals surface area contributed by atoms with Gasteiger partial charge in [-0.25, -0.2) is 4.39 Å². The fourth-order valence-corrected chi connectivity index (χ4v) is 2.85. The van der Waals surface area contributed by atoms with E-state index in [2.05, 4.69) is 15.5 Å². The lowest BCUT2D eigenvalue weighted by Crippen LogP contribution is -2.18. The maximum Gasteiger partial charge on any atom is 0.274 e. The number of amides is 1. The van der Waals surface area contributed by atoms with Gasteiger partial charge in [-0.05, 0) is 48.5 Å². The van der Waals surface area contributed by atoms with Crippen molar-refractivity contribution in [2.45, 2.75) is 6.54 Å². The number of anilines is 1. The van der Waals surface area contributed by atoms with Gasteiger partial charge in [-0.2, -0.15) is 4.98 Å². The van der Waals surface area contributed by atoms with Crippen molar-refractivity contribution in [3.63, 3.8) is 0 Å². The van der Waals surface area contributed by atoms with Crippen LogP contribution in [0, 0.1) is 5.82 Å². The maximum atomic E-state index is 13.1. The van der Waals surface area contributed by atoms with Crippen molar-refractivity contribution in [1.82, 2.24) is 14.7 Å². The summed E-state index contributed by atoms with van der Waals surface area (Å²) in [5, 5.41) is 6.77. The fraction of sp³-hybridized carbons (Fsp3) is 0.0952. The van der Waals surface area contributed by atoms with Gasteiger partial charge >= 0.3 is 0 Å². The van der Waals surface area contributed by atoms with E-state index in [1.165, 1.54) is 12.1 Å². The Morgan fingerprint density at radius 1 is 1.17 bits per heavy atom. The van der Waals surface area contributed by atoms with Gasteiger partial charge in [-0.3, -0.25) is 4.79 Å². The molecule has 1 amide bonds. The highest BCUT2D eigenvalue weighted by atomic mass is 19.1. The number of aromatic nitrogens is 3. The standard InChI is InChI=1S/C21H17FN4O3/c1-28-17-5-2-4-16(12-17)23-19(27)13-26-11-3-6-18(26)21-24-20(25-29-21)14-7-9-15(22)10-8-14/h2-12H,13H2,1H3,(H,23,27). The van der Waals surface area contributed by atoms with E-state index < -0.39 is 0 Å². The molecule has 0 unspecified atom stereocenters. The summed E-state index contributed by atoms with van der Waals surface area (Å²) < 4.78 is 25.3. The Labute approximate surface area is 165 Å². The van der Waals surface area contributed by atoms with Gasteiger partial charge in [0.15, 0.2) is 0 Å². The number of nitrogens with one attached hydrogen (secondary N) is 1. The van der Waals surface area contributed by atoms with Crippen LogP contribution >= 0.6 is 0 Å². The summed E-state index contributed by atoms with van der Waals surface area (Å²) in [5.74, 6) is 0.711. The average molecular weight is 392 g/mol. The topological polar surface area (TPSA) is 82.2 Å². The zero-order valence-electron chi connectivity index (χ0n) is 15.5. The van der Waals surface area contributed by atoms with Crippen molar-refractivity contribution >= 4 is 11.6 Å². The quantitative estimate of drug-likeness (QED) is 0.537. The summed E-state index contributed by atoms with van der Waals surface area (Å²) in [7, 11) is 1.57. The molecule has 0 aliphatic rings. The Balaban J connectivity index is 1.50. The molecule has 8 heteroatoms. The van der Waals surface area contributed by atoms with Crippen LogP contribution < -0.4 is 10.1 Å². The first-order chi connectivity index (χ1) is 14.1. The molecule has 146 valence electrons. The van der Waals surface area contributed by atoms with Gasteiger partial charge in [-0.1, -0.05) is 11.2 Å². The van der Waals surface area contributed by atoms with Crippen molar-refractivity contribution in [2.24, 2.45) is 0 Å². The molecule has 1 N–H and O–H groups in total. The highest BCUT2D eigenvalue weighted by Crippen LogP contribution is 2.23. The fourth-order valence-electron chi connectivity index (χ4n) is 2.85. The SMILES string of the molecule is COc1cccc(NC(=O)Cn2cccc2-c2nc(-c3ccc(F)cc3)no2)c1. The minimum Gasteiger partial charge on any atom is -0.497 e. The molecule has 29 heavy (non-hydrogen) atoms. The summed E-state index contributed by atoms with van der Waals surface area (Å²) in [6, 6.07) is 16.5. The third kappa shape index (κ3) is 4.16. The predicted molar refractivity (Wildman–Crippen MR) is 105 cm³/mol. The van der Waals surface area contributed by atoms with Crippen LogP contribution in [0.1, 0.15) is 0 Å². The Morgan fingerprint density at radius 3 is 2.79 bits per heavy atom. The van der Waals surface area contributed by atoms with E-state index in [-0.39, 0.29) is 24.2 Å². The molecule has 0 saturated carbocycles. The monoisotopic (exact) mass is 392 g/mol. The van der Waals surface area contributed by atoms with E-state index in [4.69, 9.17) is 9.26 Å². The molecule has 0 saturated heterocycles. The molecule has 0 aliphatic heterocycles. The first-order valence-corrected chi connectivity index (χ1v) is 8.81. The van der Waals surface area contributed by atoms with Crippen LogP contribution in [0.25, 0.3) is 23.0 Å². The molecule has 0 aliphatic carbocycles. The molecule has 2 heterocycles. The summed E-state index contributed by atoms with van der Waals surface area (Å²) in [4.78, 5) is 16.8. The van der Waals surface area contributed by atoms with Gasteiger partial charge in [0.2, 0.25) is 11.7 Å². The number of rotatable bonds is 6.